The van der Waals surface area contributed by atoms with Gasteiger partial charge in [0.1, 0.15) is 0 Å². The van der Waals surface area contributed by atoms with Crippen LogP contribution in [0.1, 0.15) is 78.9 Å². The fourth-order valence-corrected chi connectivity index (χ4v) is 7.16. The van der Waals surface area contributed by atoms with Crippen LogP contribution in [0.4, 0.5) is 17.1 Å². The summed E-state index contributed by atoms with van der Waals surface area (Å²) in [5, 5.41) is 6.41. The van der Waals surface area contributed by atoms with Crippen LogP contribution in [0.5, 0.6) is 0 Å². The van der Waals surface area contributed by atoms with Gasteiger partial charge in [-0.2, -0.15) is 0 Å². The molecular weight excluding hydrogens is 623 g/mol. The van der Waals surface area contributed by atoms with E-state index in [1.54, 1.807) is 6.08 Å². The standard InChI is InChI=1S/C48H41NO2/c1-47(2,3)37-27-38(48(4,5)6)29-41(28-37)49(39-19-17-31-11-7-8-12-32(31)23-39)40-20-18-35-21-30(15-16-36(35)24-40)22-44-45(50)42-25-33-13-9-10-14-34(33)26-43(42)46(44)51/h7-29H,1-6H3. The highest BCUT2D eigenvalue weighted by Crippen LogP contribution is 2.42. The highest BCUT2D eigenvalue weighted by molar-refractivity contribution is 6.42. The summed E-state index contributed by atoms with van der Waals surface area (Å²) in [6.45, 7) is 13.6. The van der Waals surface area contributed by atoms with E-state index in [2.05, 4.69) is 137 Å². The van der Waals surface area contributed by atoms with Gasteiger partial charge in [-0.15, -0.1) is 0 Å². The minimum Gasteiger partial charge on any atom is -0.310 e. The first-order valence-electron chi connectivity index (χ1n) is 17.7. The van der Waals surface area contributed by atoms with Gasteiger partial charge in [-0.25, -0.2) is 0 Å². The van der Waals surface area contributed by atoms with E-state index in [0.717, 1.165) is 44.2 Å². The normalized spacial score (nSPS) is 13.3. The maximum atomic E-state index is 13.5. The van der Waals surface area contributed by atoms with E-state index in [1.807, 2.05) is 42.5 Å². The van der Waals surface area contributed by atoms with Crippen LogP contribution in [0.15, 0.2) is 139 Å². The molecular formula is C48H41NO2. The van der Waals surface area contributed by atoms with Gasteiger partial charge in [0.25, 0.3) is 0 Å². The third-order valence-electron chi connectivity index (χ3n) is 10.2. The van der Waals surface area contributed by atoms with Crippen molar-refractivity contribution in [3.63, 3.8) is 0 Å². The monoisotopic (exact) mass is 663 g/mol. The molecule has 51 heavy (non-hydrogen) atoms. The summed E-state index contributed by atoms with van der Waals surface area (Å²) in [5.41, 5.74) is 7.78. The van der Waals surface area contributed by atoms with Gasteiger partial charge in [-0.1, -0.05) is 120 Å². The lowest BCUT2D eigenvalue weighted by atomic mass is 9.80. The number of anilines is 3. The molecule has 0 saturated heterocycles. The summed E-state index contributed by atoms with van der Waals surface area (Å²) in [5.74, 6) is -0.427. The Labute approximate surface area is 299 Å². The van der Waals surface area contributed by atoms with E-state index >= 15 is 0 Å². The van der Waals surface area contributed by atoms with Gasteiger partial charge in [0.05, 0.1) is 5.57 Å². The van der Waals surface area contributed by atoms with Crippen LogP contribution >= 0.6 is 0 Å². The van der Waals surface area contributed by atoms with Crippen molar-refractivity contribution in [1.82, 2.24) is 0 Å². The second-order valence-corrected chi connectivity index (χ2v) is 15.9. The maximum Gasteiger partial charge on any atom is 0.197 e. The van der Waals surface area contributed by atoms with Gasteiger partial charge < -0.3 is 4.90 Å². The number of Topliss-reactive ketones (excluding diaryl/α,β-unsaturated/α-hetero) is 2. The van der Waals surface area contributed by atoms with Crippen LogP contribution in [-0.2, 0) is 10.8 Å². The number of nitrogens with zero attached hydrogens (tertiary/aromatic N) is 1. The first kappa shape index (κ1) is 32.4. The fraction of sp³-hybridized carbons (Fsp3) is 0.167. The molecule has 3 heteroatoms. The second kappa shape index (κ2) is 11.9. The Balaban J connectivity index is 1.23. The molecule has 0 heterocycles. The molecule has 0 N–H and O–H groups in total. The van der Waals surface area contributed by atoms with E-state index in [0.29, 0.717) is 11.1 Å². The Morgan fingerprint density at radius 3 is 1.39 bits per heavy atom. The molecule has 7 aromatic rings. The molecule has 7 aromatic carbocycles. The van der Waals surface area contributed by atoms with Crippen LogP contribution in [0.25, 0.3) is 38.4 Å². The van der Waals surface area contributed by atoms with Gasteiger partial charge in [0.15, 0.2) is 11.6 Å². The van der Waals surface area contributed by atoms with E-state index < -0.39 is 0 Å². The zero-order valence-corrected chi connectivity index (χ0v) is 30.0. The van der Waals surface area contributed by atoms with Crippen LogP contribution in [0.2, 0.25) is 0 Å². The Morgan fingerprint density at radius 2 is 0.863 bits per heavy atom. The Bertz CT molecular complexity index is 2500. The minimum atomic E-state index is -0.214. The van der Waals surface area contributed by atoms with E-state index in [4.69, 9.17) is 0 Å². The third-order valence-corrected chi connectivity index (χ3v) is 10.2. The lowest BCUT2D eigenvalue weighted by Gasteiger charge is -2.31. The van der Waals surface area contributed by atoms with E-state index in [-0.39, 0.29) is 28.0 Å². The maximum absolute atomic E-state index is 13.5. The molecule has 0 atom stereocenters. The van der Waals surface area contributed by atoms with Crippen molar-refractivity contribution < 1.29 is 9.59 Å². The second-order valence-electron chi connectivity index (χ2n) is 15.9. The topological polar surface area (TPSA) is 37.4 Å². The smallest absolute Gasteiger partial charge is 0.197 e. The summed E-state index contributed by atoms with van der Waals surface area (Å²) < 4.78 is 0. The summed E-state index contributed by atoms with van der Waals surface area (Å²) in [6.07, 6.45) is 1.75. The highest BCUT2D eigenvalue weighted by atomic mass is 16.2. The molecule has 0 aromatic heterocycles. The largest absolute Gasteiger partial charge is 0.310 e. The van der Waals surface area contributed by atoms with Gasteiger partial charge in [0.2, 0.25) is 0 Å². The lowest BCUT2D eigenvalue weighted by Crippen LogP contribution is -2.19. The molecule has 0 radical (unpaired) electrons. The van der Waals surface area contributed by atoms with Crippen molar-refractivity contribution in [1.29, 1.82) is 0 Å². The van der Waals surface area contributed by atoms with Crippen molar-refractivity contribution in [2.24, 2.45) is 0 Å². The zero-order valence-electron chi connectivity index (χ0n) is 30.0. The van der Waals surface area contributed by atoms with Crippen LogP contribution in [-0.4, -0.2) is 11.6 Å². The number of carbonyl (C=O) groups excluding carboxylic acids is 2. The predicted molar refractivity (Wildman–Crippen MR) is 214 cm³/mol. The summed E-state index contributed by atoms with van der Waals surface area (Å²) in [6, 6.07) is 46.4. The molecule has 0 spiro atoms. The Hall–Kier alpha value is -5.80. The SMILES string of the molecule is CC(C)(C)c1cc(N(c2ccc3ccccc3c2)c2ccc3cc(C=C4C(=O)c5cc6ccccc6cc5C4=O)ccc3c2)cc(C(C)(C)C)c1. The fourth-order valence-electron chi connectivity index (χ4n) is 7.16. The van der Waals surface area contributed by atoms with Gasteiger partial charge >= 0.3 is 0 Å². The minimum absolute atomic E-state index is 0.0315. The number of ketones is 2. The van der Waals surface area contributed by atoms with Gasteiger partial charge in [0, 0.05) is 28.2 Å². The van der Waals surface area contributed by atoms with Crippen LogP contribution in [0.3, 0.4) is 0 Å². The average molecular weight is 664 g/mol. The molecule has 0 bridgehead atoms. The average Bonchev–Trinajstić information content (AvgIpc) is 3.33. The molecule has 0 saturated carbocycles. The lowest BCUT2D eigenvalue weighted by molar-refractivity contribution is 0.0990. The number of rotatable bonds is 4. The summed E-state index contributed by atoms with van der Waals surface area (Å²) in [4.78, 5) is 29.3. The summed E-state index contributed by atoms with van der Waals surface area (Å²) >= 11 is 0. The van der Waals surface area contributed by atoms with Gasteiger partial charge in [-0.3, -0.25) is 9.59 Å². The number of fused-ring (bicyclic) bond motifs is 4. The molecule has 0 fully saturated rings. The number of carbonyl (C=O) groups is 2. The molecule has 0 aliphatic heterocycles. The number of hydrogen-bond acceptors (Lipinski definition) is 3. The van der Waals surface area contributed by atoms with Crippen molar-refractivity contribution in [3.05, 3.63) is 167 Å². The van der Waals surface area contributed by atoms with Crippen LogP contribution in [0, 0.1) is 0 Å². The van der Waals surface area contributed by atoms with Crippen molar-refractivity contribution in [2.75, 3.05) is 4.90 Å². The molecule has 250 valence electrons. The molecule has 8 rings (SSSR count). The van der Waals surface area contributed by atoms with Crippen LogP contribution < -0.4 is 4.90 Å². The molecule has 0 amide bonds. The molecule has 1 aliphatic rings. The summed E-state index contributed by atoms with van der Waals surface area (Å²) in [7, 11) is 0. The van der Waals surface area contributed by atoms with E-state index in [9.17, 15) is 9.59 Å². The van der Waals surface area contributed by atoms with Crippen molar-refractivity contribution >= 4 is 67.0 Å². The Kier molecular flexibility index (Phi) is 7.57. The predicted octanol–water partition coefficient (Wildman–Crippen LogP) is 12.7. The number of benzene rings is 7. The first-order chi connectivity index (χ1) is 24.3. The highest BCUT2D eigenvalue weighted by Gasteiger charge is 2.33. The van der Waals surface area contributed by atoms with Crippen molar-refractivity contribution in [3.8, 4) is 0 Å². The first-order valence-corrected chi connectivity index (χ1v) is 17.7. The quantitative estimate of drug-likeness (QED) is 0.139. The third kappa shape index (κ3) is 5.93. The molecule has 0 unspecified atom stereocenters. The van der Waals surface area contributed by atoms with Crippen molar-refractivity contribution in [2.45, 2.75) is 52.4 Å². The molecule has 1 aliphatic carbocycles. The van der Waals surface area contributed by atoms with Gasteiger partial charge in [-0.05, 0) is 121 Å². The number of hydrogen-bond donors (Lipinski definition) is 0. The number of allylic oxidation sites excluding steroid dienone is 1. The molecule has 3 nitrogen and oxygen atoms in total. The van der Waals surface area contributed by atoms with E-state index in [1.165, 1.54) is 21.9 Å². The Morgan fingerprint density at radius 1 is 0.431 bits per heavy atom. The zero-order chi connectivity index (χ0) is 35.7.